The van der Waals surface area contributed by atoms with Crippen molar-refractivity contribution in [1.29, 1.82) is 0 Å². The minimum atomic E-state index is -3.38. The highest BCUT2D eigenvalue weighted by Gasteiger charge is 2.24. The van der Waals surface area contributed by atoms with Crippen LogP contribution >= 0.6 is 0 Å². The van der Waals surface area contributed by atoms with Crippen LogP contribution in [0, 0.1) is 0 Å². The van der Waals surface area contributed by atoms with Gasteiger partial charge in [0, 0.05) is 18.5 Å². The van der Waals surface area contributed by atoms with Crippen molar-refractivity contribution in [3.8, 4) is 0 Å². The first-order valence-corrected chi connectivity index (χ1v) is 7.98. The Labute approximate surface area is 109 Å². The molecule has 0 saturated carbocycles. The third-order valence-corrected chi connectivity index (χ3v) is 4.66. The van der Waals surface area contributed by atoms with Gasteiger partial charge in [-0.1, -0.05) is 0 Å². The molecule has 1 heterocycles. The molecule has 18 heavy (non-hydrogen) atoms. The van der Waals surface area contributed by atoms with E-state index in [1.54, 1.807) is 0 Å². The van der Waals surface area contributed by atoms with E-state index in [-0.39, 0.29) is 18.2 Å². The van der Waals surface area contributed by atoms with Gasteiger partial charge in [-0.2, -0.15) is 0 Å². The second kappa shape index (κ2) is 6.49. The molecule has 0 bridgehead atoms. The maximum atomic E-state index is 11.7. The predicted octanol–water partition coefficient (Wildman–Crippen LogP) is -0.346. The zero-order chi connectivity index (χ0) is 13.8. The number of nitrogens with zero attached hydrogens (tertiary/aromatic N) is 1. The Balaban J connectivity index is 2.38. The van der Waals surface area contributed by atoms with Gasteiger partial charge >= 0.3 is 0 Å². The molecule has 1 fully saturated rings. The second-order valence-corrected chi connectivity index (χ2v) is 6.93. The molecule has 0 aliphatic carbocycles. The highest BCUT2D eigenvalue weighted by molar-refractivity contribution is 7.89. The van der Waals surface area contributed by atoms with Crippen LogP contribution in [0.2, 0.25) is 0 Å². The van der Waals surface area contributed by atoms with Crippen molar-refractivity contribution in [3.63, 3.8) is 0 Å². The third kappa shape index (κ3) is 5.32. The van der Waals surface area contributed by atoms with Gasteiger partial charge < -0.3 is 10.6 Å². The SMILES string of the molecule is CC(C)N1CCC(NS(=O)(=O)CCC(N)=O)CC1. The average Bonchev–Trinajstić information content (AvgIpc) is 2.27. The molecule has 1 amide bonds. The zero-order valence-corrected chi connectivity index (χ0v) is 11.9. The minimum absolute atomic E-state index is 0.0159. The summed E-state index contributed by atoms with van der Waals surface area (Å²) in [6, 6.07) is 0.482. The van der Waals surface area contributed by atoms with Crippen molar-refractivity contribution in [1.82, 2.24) is 9.62 Å². The number of carbonyl (C=O) groups is 1. The van der Waals surface area contributed by atoms with Gasteiger partial charge in [0.15, 0.2) is 0 Å². The van der Waals surface area contributed by atoms with Gasteiger partial charge in [-0.25, -0.2) is 13.1 Å². The Morgan fingerprint density at radius 3 is 2.39 bits per heavy atom. The molecule has 0 aromatic heterocycles. The maximum absolute atomic E-state index is 11.7. The number of rotatable bonds is 6. The third-order valence-electron chi connectivity index (χ3n) is 3.22. The van der Waals surface area contributed by atoms with Crippen molar-refractivity contribution in [2.75, 3.05) is 18.8 Å². The van der Waals surface area contributed by atoms with Crippen molar-refractivity contribution >= 4 is 15.9 Å². The molecule has 0 radical (unpaired) electrons. The van der Waals surface area contributed by atoms with Crippen LogP contribution in [0.15, 0.2) is 0 Å². The van der Waals surface area contributed by atoms with E-state index in [4.69, 9.17) is 5.73 Å². The zero-order valence-electron chi connectivity index (χ0n) is 11.1. The van der Waals surface area contributed by atoms with Crippen LogP contribution in [0.5, 0.6) is 0 Å². The first kappa shape index (κ1) is 15.4. The normalized spacial score (nSPS) is 19.3. The summed E-state index contributed by atoms with van der Waals surface area (Å²) in [5, 5.41) is 0. The molecule has 0 aromatic rings. The van der Waals surface area contributed by atoms with E-state index in [1.165, 1.54) is 0 Å². The number of hydrogen-bond donors (Lipinski definition) is 2. The summed E-state index contributed by atoms with van der Waals surface area (Å²) in [7, 11) is -3.38. The number of likely N-dealkylation sites (tertiary alicyclic amines) is 1. The Bertz CT molecular complexity index is 373. The highest BCUT2D eigenvalue weighted by Crippen LogP contribution is 2.13. The second-order valence-electron chi connectivity index (χ2n) is 5.06. The summed E-state index contributed by atoms with van der Waals surface area (Å²) in [4.78, 5) is 12.9. The first-order chi connectivity index (χ1) is 8.30. The number of primary amides is 1. The molecule has 6 nitrogen and oxygen atoms in total. The van der Waals surface area contributed by atoms with Gasteiger partial charge in [-0.3, -0.25) is 4.79 Å². The van der Waals surface area contributed by atoms with Crippen LogP contribution in [-0.2, 0) is 14.8 Å². The van der Waals surface area contributed by atoms with Gasteiger partial charge in [-0.05, 0) is 39.8 Å². The lowest BCUT2D eigenvalue weighted by atomic mass is 10.1. The highest BCUT2D eigenvalue weighted by atomic mass is 32.2. The molecule has 1 rings (SSSR count). The smallest absolute Gasteiger partial charge is 0.218 e. The maximum Gasteiger partial charge on any atom is 0.218 e. The summed E-state index contributed by atoms with van der Waals surface area (Å²) >= 11 is 0. The topological polar surface area (TPSA) is 92.5 Å². The van der Waals surface area contributed by atoms with Crippen LogP contribution in [0.4, 0.5) is 0 Å². The van der Waals surface area contributed by atoms with Crippen molar-refractivity contribution in [3.05, 3.63) is 0 Å². The van der Waals surface area contributed by atoms with E-state index in [9.17, 15) is 13.2 Å². The molecule has 1 saturated heterocycles. The number of hydrogen-bond acceptors (Lipinski definition) is 4. The first-order valence-electron chi connectivity index (χ1n) is 6.32. The van der Waals surface area contributed by atoms with Gasteiger partial charge in [0.25, 0.3) is 0 Å². The van der Waals surface area contributed by atoms with Gasteiger partial charge in [-0.15, -0.1) is 0 Å². The predicted molar refractivity (Wildman–Crippen MR) is 70.5 cm³/mol. The molecule has 0 unspecified atom stereocenters. The standard InChI is InChI=1S/C11H23N3O3S/c1-9(2)14-6-3-10(4-7-14)13-18(16,17)8-5-11(12)15/h9-10,13H,3-8H2,1-2H3,(H2,12,15). The lowest BCUT2D eigenvalue weighted by Crippen LogP contribution is -2.47. The number of nitrogens with two attached hydrogens (primary N) is 1. The Morgan fingerprint density at radius 2 is 1.94 bits per heavy atom. The molecule has 0 spiro atoms. The van der Waals surface area contributed by atoms with Crippen molar-refractivity contribution in [2.24, 2.45) is 5.73 Å². The summed E-state index contributed by atoms with van der Waals surface area (Å²) in [6.07, 6.45) is 1.50. The van der Waals surface area contributed by atoms with Crippen LogP contribution in [0.1, 0.15) is 33.1 Å². The fourth-order valence-corrected chi connectivity index (χ4v) is 3.41. The van der Waals surface area contributed by atoms with E-state index in [2.05, 4.69) is 23.5 Å². The van der Waals surface area contributed by atoms with Crippen molar-refractivity contribution < 1.29 is 13.2 Å². The van der Waals surface area contributed by atoms with Crippen LogP contribution in [0.25, 0.3) is 0 Å². The minimum Gasteiger partial charge on any atom is -0.370 e. The monoisotopic (exact) mass is 277 g/mol. The van der Waals surface area contributed by atoms with E-state index in [0.717, 1.165) is 25.9 Å². The summed E-state index contributed by atoms with van der Waals surface area (Å²) in [5.41, 5.74) is 4.95. The van der Waals surface area contributed by atoms with Gasteiger partial charge in [0.2, 0.25) is 15.9 Å². The van der Waals surface area contributed by atoms with Crippen LogP contribution < -0.4 is 10.5 Å². The van der Waals surface area contributed by atoms with E-state index < -0.39 is 15.9 Å². The molecule has 106 valence electrons. The van der Waals surface area contributed by atoms with E-state index in [1.807, 2.05) is 0 Å². The molecule has 1 aliphatic heterocycles. The van der Waals surface area contributed by atoms with Gasteiger partial charge in [0.1, 0.15) is 0 Å². The van der Waals surface area contributed by atoms with E-state index >= 15 is 0 Å². The molecule has 7 heteroatoms. The number of piperidine rings is 1. The lowest BCUT2D eigenvalue weighted by molar-refractivity contribution is -0.117. The molecular formula is C11H23N3O3S. The quantitative estimate of drug-likeness (QED) is 0.694. The fourth-order valence-electron chi connectivity index (χ4n) is 2.08. The largest absolute Gasteiger partial charge is 0.370 e. The molecule has 0 atom stereocenters. The summed E-state index contributed by atoms with van der Waals surface area (Å²) in [6.45, 7) is 6.08. The molecular weight excluding hydrogens is 254 g/mol. The summed E-state index contributed by atoms with van der Waals surface area (Å²) in [5.74, 6) is -0.804. The Kier molecular flexibility index (Phi) is 5.55. The number of nitrogens with one attached hydrogen (secondary N) is 1. The number of carbonyl (C=O) groups excluding carboxylic acids is 1. The Hall–Kier alpha value is -0.660. The van der Waals surface area contributed by atoms with Crippen molar-refractivity contribution in [2.45, 2.75) is 45.2 Å². The number of sulfonamides is 1. The van der Waals surface area contributed by atoms with Crippen LogP contribution in [0.3, 0.4) is 0 Å². The molecule has 0 aromatic carbocycles. The van der Waals surface area contributed by atoms with E-state index in [0.29, 0.717) is 6.04 Å². The lowest BCUT2D eigenvalue weighted by Gasteiger charge is -2.34. The van der Waals surface area contributed by atoms with Gasteiger partial charge in [0.05, 0.1) is 5.75 Å². The molecule has 3 N–H and O–H groups in total. The summed E-state index contributed by atoms with van der Waals surface area (Å²) < 4.78 is 26.0. The number of amides is 1. The average molecular weight is 277 g/mol. The fraction of sp³-hybridized carbons (Fsp3) is 0.909. The van der Waals surface area contributed by atoms with Crippen LogP contribution in [-0.4, -0.2) is 50.2 Å². The molecule has 1 aliphatic rings. The Morgan fingerprint density at radius 1 is 1.39 bits per heavy atom.